The van der Waals surface area contributed by atoms with Crippen molar-refractivity contribution in [2.45, 2.75) is 9.79 Å². The number of hydrogen-bond acceptors (Lipinski definition) is 4. The molecule has 0 spiro atoms. The van der Waals surface area contributed by atoms with Crippen LogP contribution in [0.2, 0.25) is 0 Å². The molecular formula is C14H14NO4S2. The van der Waals surface area contributed by atoms with Gasteiger partial charge >= 0.3 is 0 Å². The third-order valence-electron chi connectivity index (χ3n) is 2.95. The molecule has 0 fully saturated rings. The lowest BCUT2D eigenvalue weighted by Gasteiger charge is -2.06. The van der Waals surface area contributed by atoms with E-state index >= 15 is 0 Å². The minimum atomic E-state index is -3.53. The Morgan fingerprint density at radius 2 is 1.57 bits per heavy atom. The Kier molecular flexibility index (Phi) is 4.18. The molecule has 0 atom stereocenters. The molecular weight excluding hydrogens is 310 g/mol. The summed E-state index contributed by atoms with van der Waals surface area (Å²) >= 11 is 0. The number of sulfone groups is 1. The van der Waals surface area contributed by atoms with Crippen molar-refractivity contribution in [1.29, 1.82) is 0 Å². The van der Waals surface area contributed by atoms with Gasteiger partial charge in [0.25, 0.3) is 0 Å². The Morgan fingerprint density at radius 3 is 2.10 bits per heavy atom. The number of sulfonamides is 1. The molecule has 1 N–H and O–H groups in total. The second-order valence-electron chi connectivity index (χ2n) is 4.44. The highest BCUT2D eigenvalue weighted by atomic mass is 32.2. The van der Waals surface area contributed by atoms with E-state index in [0.29, 0.717) is 11.1 Å². The minimum Gasteiger partial charge on any atom is -0.224 e. The number of rotatable bonds is 4. The first-order valence-electron chi connectivity index (χ1n) is 6.00. The van der Waals surface area contributed by atoms with Gasteiger partial charge in [0, 0.05) is 6.26 Å². The monoisotopic (exact) mass is 324 g/mol. The molecule has 0 aliphatic carbocycles. The van der Waals surface area contributed by atoms with Crippen LogP contribution in [0.4, 0.5) is 0 Å². The van der Waals surface area contributed by atoms with Gasteiger partial charge in [-0.05, 0) is 48.5 Å². The zero-order valence-corrected chi connectivity index (χ0v) is 13.1. The maximum Gasteiger partial charge on any atom is 0.240 e. The Morgan fingerprint density at radius 1 is 0.952 bits per heavy atom. The molecule has 0 amide bonds. The van der Waals surface area contributed by atoms with Gasteiger partial charge in [-0.15, -0.1) is 0 Å². The lowest BCUT2D eigenvalue weighted by atomic mass is 10.1. The lowest BCUT2D eigenvalue weighted by Crippen LogP contribution is -2.18. The summed E-state index contributed by atoms with van der Waals surface area (Å²) in [5.74, 6) is 0. The van der Waals surface area contributed by atoms with Crippen molar-refractivity contribution in [2.24, 2.45) is 0 Å². The highest BCUT2D eigenvalue weighted by Crippen LogP contribution is 2.23. The van der Waals surface area contributed by atoms with Crippen molar-refractivity contribution in [3.8, 4) is 11.1 Å². The van der Waals surface area contributed by atoms with Crippen LogP contribution in [0.15, 0.2) is 52.3 Å². The fraction of sp³-hybridized carbons (Fsp3) is 0.143. The fourth-order valence-corrected chi connectivity index (χ4v) is 3.17. The van der Waals surface area contributed by atoms with Gasteiger partial charge in [0.1, 0.15) is 0 Å². The maximum atomic E-state index is 11.8. The predicted octanol–water partition coefficient (Wildman–Crippen LogP) is 1.47. The van der Waals surface area contributed by atoms with Crippen LogP contribution in [0.3, 0.4) is 0 Å². The van der Waals surface area contributed by atoms with Crippen molar-refractivity contribution >= 4 is 19.9 Å². The lowest BCUT2D eigenvalue weighted by molar-refractivity contribution is 0.588. The van der Waals surface area contributed by atoms with Crippen molar-refractivity contribution in [3.05, 3.63) is 48.5 Å². The van der Waals surface area contributed by atoms with Crippen molar-refractivity contribution in [1.82, 2.24) is 4.72 Å². The van der Waals surface area contributed by atoms with Gasteiger partial charge in [-0.3, -0.25) is 0 Å². The summed E-state index contributed by atoms with van der Waals surface area (Å²) in [5, 5.41) is 0. The standard InChI is InChI=1S/C14H14NO4S2/c1-15-21(18,19)14-5-3-4-12(10-14)11-6-8-13(9-7-11)20(2,16)17/h3,5-10,15H,1-2H3. The van der Waals surface area contributed by atoms with Crippen molar-refractivity contribution in [2.75, 3.05) is 13.3 Å². The molecule has 0 aliphatic rings. The zero-order chi connectivity index (χ0) is 15.7. The summed E-state index contributed by atoms with van der Waals surface area (Å²) < 4.78 is 48.6. The van der Waals surface area contributed by atoms with Crippen molar-refractivity contribution in [3.63, 3.8) is 0 Å². The van der Waals surface area contributed by atoms with Crippen LogP contribution in [0.5, 0.6) is 0 Å². The molecule has 2 aromatic rings. The third kappa shape index (κ3) is 3.49. The maximum absolute atomic E-state index is 11.8. The summed E-state index contributed by atoms with van der Waals surface area (Å²) in [4.78, 5) is 0.344. The van der Waals surface area contributed by atoms with Crippen LogP contribution in [0.1, 0.15) is 0 Å². The minimum absolute atomic E-state index is 0.130. The van der Waals surface area contributed by atoms with E-state index in [0.717, 1.165) is 6.26 Å². The van der Waals surface area contributed by atoms with E-state index in [1.54, 1.807) is 12.1 Å². The van der Waals surface area contributed by atoms with E-state index in [2.05, 4.69) is 10.8 Å². The molecule has 7 heteroatoms. The van der Waals surface area contributed by atoms with Crippen LogP contribution in [-0.4, -0.2) is 30.1 Å². The summed E-state index contributed by atoms with van der Waals surface area (Å²) in [6.07, 6.45) is 1.13. The molecule has 0 bridgehead atoms. The number of benzene rings is 2. The molecule has 0 aromatic heterocycles. The SMILES string of the molecule is CNS(=O)(=O)c1cc[c]c(-c2ccc(S(C)(=O)=O)cc2)c1. The first-order chi connectivity index (χ1) is 9.74. The Bertz CT molecular complexity index is 854. The van der Waals surface area contributed by atoms with Gasteiger partial charge < -0.3 is 0 Å². The molecule has 0 aliphatic heterocycles. The Hall–Kier alpha value is -1.70. The van der Waals surface area contributed by atoms with Gasteiger partial charge in [-0.1, -0.05) is 18.2 Å². The molecule has 0 saturated heterocycles. The summed E-state index contributed by atoms with van der Waals surface area (Å²) in [5.41, 5.74) is 1.27. The predicted molar refractivity (Wildman–Crippen MR) is 80.1 cm³/mol. The van der Waals surface area contributed by atoms with Gasteiger partial charge in [0.2, 0.25) is 10.0 Å². The second kappa shape index (κ2) is 5.59. The van der Waals surface area contributed by atoms with Crippen molar-refractivity contribution < 1.29 is 16.8 Å². The number of hydrogen-bond donors (Lipinski definition) is 1. The van der Waals surface area contributed by atoms with E-state index < -0.39 is 19.9 Å². The van der Waals surface area contributed by atoms with Gasteiger partial charge in [0.05, 0.1) is 9.79 Å². The summed E-state index contributed by atoms with van der Waals surface area (Å²) in [6.45, 7) is 0. The zero-order valence-electron chi connectivity index (χ0n) is 11.5. The molecule has 1 radical (unpaired) electrons. The first kappa shape index (κ1) is 15.7. The normalized spacial score (nSPS) is 12.3. The second-order valence-corrected chi connectivity index (χ2v) is 8.34. The van der Waals surface area contributed by atoms with Gasteiger partial charge in [0.15, 0.2) is 9.84 Å². The molecule has 0 unspecified atom stereocenters. The smallest absolute Gasteiger partial charge is 0.224 e. The molecule has 2 rings (SSSR count). The molecule has 21 heavy (non-hydrogen) atoms. The van der Waals surface area contributed by atoms with Crippen LogP contribution in [0, 0.1) is 6.07 Å². The fourth-order valence-electron chi connectivity index (χ4n) is 1.78. The topological polar surface area (TPSA) is 80.3 Å². The molecule has 2 aromatic carbocycles. The average molecular weight is 324 g/mol. The van der Waals surface area contributed by atoms with Crippen LogP contribution in [-0.2, 0) is 19.9 Å². The quantitative estimate of drug-likeness (QED) is 0.923. The van der Waals surface area contributed by atoms with E-state index in [1.807, 2.05) is 0 Å². The Balaban J connectivity index is 2.46. The Labute approximate surface area is 124 Å². The number of nitrogens with one attached hydrogen (secondary N) is 1. The van der Waals surface area contributed by atoms with Crippen LogP contribution < -0.4 is 4.72 Å². The highest BCUT2D eigenvalue weighted by molar-refractivity contribution is 7.90. The molecule has 5 nitrogen and oxygen atoms in total. The summed E-state index contributed by atoms with van der Waals surface area (Å²) in [6, 6.07) is 13.6. The highest BCUT2D eigenvalue weighted by Gasteiger charge is 2.12. The van der Waals surface area contributed by atoms with Gasteiger partial charge in [-0.25, -0.2) is 21.6 Å². The summed E-state index contributed by atoms with van der Waals surface area (Å²) in [7, 11) is -5.44. The molecule has 0 saturated carbocycles. The third-order valence-corrected chi connectivity index (χ3v) is 5.49. The van der Waals surface area contributed by atoms with E-state index in [1.165, 1.54) is 37.4 Å². The first-order valence-corrected chi connectivity index (χ1v) is 9.37. The molecule has 0 heterocycles. The average Bonchev–Trinajstić information content (AvgIpc) is 2.46. The van der Waals surface area contributed by atoms with Crippen LogP contribution >= 0.6 is 0 Å². The van der Waals surface area contributed by atoms with E-state index in [9.17, 15) is 16.8 Å². The van der Waals surface area contributed by atoms with Gasteiger partial charge in [-0.2, -0.15) is 0 Å². The molecule has 111 valence electrons. The van der Waals surface area contributed by atoms with Crippen LogP contribution in [0.25, 0.3) is 11.1 Å². The van der Waals surface area contributed by atoms with E-state index in [4.69, 9.17) is 0 Å². The van der Waals surface area contributed by atoms with E-state index in [-0.39, 0.29) is 9.79 Å². The largest absolute Gasteiger partial charge is 0.240 e.